The minimum Gasteiger partial charge on any atom is -0.384 e. The second-order valence-electron chi connectivity index (χ2n) is 11.5. The Morgan fingerprint density at radius 2 is 1.75 bits per heavy atom. The van der Waals surface area contributed by atoms with Crippen LogP contribution in [-0.2, 0) is 28.0 Å². The summed E-state index contributed by atoms with van der Waals surface area (Å²) >= 11 is -0.318. The molecule has 2 aliphatic rings. The number of fused-ring (bicyclic) bond motifs is 1. The van der Waals surface area contributed by atoms with Gasteiger partial charge in [-0.15, -0.1) is 11.8 Å². The van der Waals surface area contributed by atoms with Crippen molar-refractivity contribution in [1.82, 2.24) is 9.80 Å². The number of likely N-dealkylation sites (tertiary alicyclic amines) is 1. The van der Waals surface area contributed by atoms with Crippen molar-refractivity contribution < 1.29 is 59.9 Å². The zero-order valence-corrected chi connectivity index (χ0v) is 28.8. The standard InChI is InChI=1S/C41H42F5N3O3S/c1-27-6-15-36-34(22-27)37(50)23-39(53-26-31-4-3-5-35(42)40(31)43)49(36)25-38(51)48(33-16-18-47(19-17-33)20-21-52-2)24-28-7-9-29(10-8-28)30-11-13-32(14-12-30)41(44,45)46/h3-15,22-23,33,37,50H,16-21,24-26H2,1-2H3/i6D,15D,16D2,17D2,18D2,19D2,22D,23D,25D2,26D2,33D. The number of rotatable bonds is 12. The first-order valence-electron chi connectivity index (χ1n) is 24.3. The number of nitrogens with zero attached hydrogens (tertiary/aromatic N) is 3. The van der Waals surface area contributed by atoms with Crippen molar-refractivity contribution in [3.8, 4) is 11.1 Å². The Morgan fingerprint density at radius 3 is 2.42 bits per heavy atom. The average Bonchev–Trinajstić information content (AvgIpc) is 3.27. The molecule has 0 aliphatic carbocycles. The lowest BCUT2D eigenvalue weighted by Gasteiger charge is -2.40. The molecule has 280 valence electrons. The number of carbonyl (C=O) groups excluding carboxylic acids is 1. The molecule has 53 heavy (non-hydrogen) atoms. The van der Waals surface area contributed by atoms with Crippen LogP contribution in [0.25, 0.3) is 11.1 Å². The summed E-state index contributed by atoms with van der Waals surface area (Å²) in [5.41, 5.74) is -7.29. The summed E-state index contributed by atoms with van der Waals surface area (Å²) in [7, 11) is 1.12. The first-order valence-corrected chi connectivity index (χ1v) is 16.6. The van der Waals surface area contributed by atoms with E-state index in [1.165, 1.54) is 12.1 Å². The van der Waals surface area contributed by atoms with Crippen LogP contribution >= 0.6 is 11.8 Å². The van der Waals surface area contributed by atoms with Crippen molar-refractivity contribution in [1.29, 1.82) is 0 Å². The van der Waals surface area contributed by atoms with Gasteiger partial charge < -0.3 is 24.5 Å². The molecule has 0 radical (unpaired) electrons. The second-order valence-corrected chi connectivity index (χ2v) is 12.3. The largest absolute Gasteiger partial charge is 0.416 e. The lowest BCUT2D eigenvalue weighted by atomic mass is 9.99. The Morgan fingerprint density at radius 1 is 1.08 bits per heavy atom. The van der Waals surface area contributed by atoms with Gasteiger partial charge in [0, 0.05) is 75.4 Å². The van der Waals surface area contributed by atoms with E-state index in [4.69, 9.17) is 18.4 Å². The molecule has 1 N–H and O–H groups in total. The predicted molar refractivity (Wildman–Crippen MR) is 198 cm³/mol. The summed E-state index contributed by atoms with van der Waals surface area (Å²) in [4.78, 5) is 15.6. The highest BCUT2D eigenvalue weighted by molar-refractivity contribution is 8.02. The summed E-state index contributed by atoms with van der Waals surface area (Å²) in [6.07, 6.45) is -15.3. The third-order valence-electron chi connectivity index (χ3n) is 7.82. The minimum atomic E-state index is -4.68. The molecular weight excluding hydrogens is 710 g/mol. The highest BCUT2D eigenvalue weighted by Crippen LogP contribution is 2.41. The highest BCUT2D eigenvalue weighted by atomic mass is 32.2. The van der Waals surface area contributed by atoms with Crippen molar-refractivity contribution in [3.63, 3.8) is 0 Å². The molecule has 0 spiro atoms. The van der Waals surface area contributed by atoms with Crippen LogP contribution < -0.4 is 4.90 Å². The first-order chi connectivity index (χ1) is 32.0. The number of aliphatic hydroxyl groups excluding tert-OH is 1. The van der Waals surface area contributed by atoms with E-state index >= 15 is 9.18 Å². The minimum absolute atomic E-state index is 0.0312. The molecular formula is C41H42F5N3O3S. The molecule has 0 saturated carbocycles. The molecule has 1 atom stereocenters. The van der Waals surface area contributed by atoms with Crippen molar-refractivity contribution in [2.75, 3.05) is 44.7 Å². The fourth-order valence-electron chi connectivity index (χ4n) is 5.08. The smallest absolute Gasteiger partial charge is 0.384 e. The normalized spacial score (nSPS) is 26.5. The van der Waals surface area contributed by atoms with Crippen LogP contribution in [0.1, 0.15) is 70.0 Å². The van der Waals surface area contributed by atoms with E-state index in [-0.39, 0.29) is 48.7 Å². The van der Waals surface area contributed by atoms with E-state index < -0.39 is 145 Å². The second kappa shape index (κ2) is 16.8. The fourth-order valence-corrected chi connectivity index (χ4v) is 5.85. The summed E-state index contributed by atoms with van der Waals surface area (Å²) in [5.74, 6) is -5.59. The van der Waals surface area contributed by atoms with Crippen molar-refractivity contribution >= 4 is 23.4 Å². The molecule has 0 bridgehead atoms. The summed E-state index contributed by atoms with van der Waals surface area (Å²) in [6.45, 7) is -13.3. The molecule has 1 unspecified atom stereocenters. The lowest BCUT2D eigenvalue weighted by molar-refractivity contribution is -0.137. The van der Waals surface area contributed by atoms with Crippen molar-refractivity contribution in [2.45, 2.75) is 50.2 Å². The number of ether oxygens (including phenoxy) is 1. The van der Waals surface area contributed by atoms with E-state index in [1.807, 2.05) is 0 Å². The van der Waals surface area contributed by atoms with Crippen LogP contribution in [0.15, 0.2) is 95.9 Å². The van der Waals surface area contributed by atoms with Crippen LogP contribution in [-0.4, -0.2) is 66.6 Å². The van der Waals surface area contributed by atoms with Crippen LogP contribution in [0.4, 0.5) is 27.6 Å². The summed E-state index contributed by atoms with van der Waals surface area (Å²) in [5, 5.41) is 10.4. The highest BCUT2D eigenvalue weighted by Gasteiger charge is 2.33. The van der Waals surface area contributed by atoms with E-state index in [2.05, 4.69) is 0 Å². The molecule has 1 fully saturated rings. The molecule has 2 heterocycles. The van der Waals surface area contributed by atoms with Gasteiger partial charge in [-0.3, -0.25) is 4.79 Å². The number of piperidine rings is 1. The number of anilines is 1. The van der Waals surface area contributed by atoms with Gasteiger partial charge in [-0.25, -0.2) is 8.78 Å². The lowest BCUT2D eigenvalue weighted by Crippen LogP contribution is -2.50. The number of hydrogen-bond acceptors (Lipinski definition) is 6. The number of alkyl halides is 3. The quantitative estimate of drug-likeness (QED) is 0.146. The third-order valence-corrected chi connectivity index (χ3v) is 8.63. The maximum atomic E-state index is 15.6. The van der Waals surface area contributed by atoms with Gasteiger partial charge in [0.25, 0.3) is 0 Å². The van der Waals surface area contributed by atoms with E-state index in [1.54, 1.807) is 0 Å². The van der Waals surface area contributed by atoms with Crippen molar-refractivity contribution in [2.24, 2.45) is 0 Å². The topological polar surface area (TPSA) is 56.3 Å². The third kappa shape index (κ3) is 9.29. The molecule has 1 saturated heterocycles. The maximum Gasteiger partial charge on any atom is 0.416 e. The summed E-state index contributed by atoms with van der Waals surface area (Å²) in [6, 6.07) is 2.80. The van der Waals surface area contributed by atoms with Crippen molar-refractivity contribution in [3.05, 3.63) is 135 Å². The number of benzene rings is 4. The molecule has 12 heteroatoms. The SMILES string of the molecule is [2H]C1=C(SC([2H])([2H])c2cccc(F)c2F)N(C([2H])([2H])C(=O)N(Cc2ccc(-c3ccc(C(F)(F)F)cc3)cc2)C2([2H])C([2H])([2H])C([2H])([2H])N(CCOC)C([2H])([2H])C2([2H])[2H])c2c([2H])c([2H])c(C)c([2H])c2C1O. The van der Waals surface area contributed by atoms with Gasteiger partial charge in [0.1, 0.15) is 12.6 Å². The predicted octanol–water partition coefficient (Wildman–Crippen LogP) is 8.73. The first kappa shape index (κ1) is 22.2. The number of thioether (sulfide) groups is 1. The Kier molecular flexibility index (Phi) is 7.06. The Bertz CT molecular complexity index is 2700. The molecule has 4 aromatic carbocycles. The van der Waals surface area contributed by atoms with Gasteiger partial charge in [0.15, 0.2) is 11.6 Å². The van der Waals surface area contributed by atoms with Crippen LogP contribution in [0.5, 0.6) is 0 Å². The Balaban J connectivity index is 1.63. The van der Waals surface area contributed by atoms with Crippen LogP contribution in [0.3, 0.4) is 0 Å². The number of halogens is 5. The number of hydrogen-bond donors (Lipinski definition) is 1. The molecule has 1 amide bonds. The number of aliphatic hydroxyl groups is 1. The molecule has 6 rings (SSSR count). The van der Waals surface area contributed by atoms with E-state index in [9.17, 15) is 32.3 Å². The van der Waals surface area contributed by atoms with Crippen LogP contribution in [0.2, 0.25) is 0 Å². The Labute approximate surface area is 334 Å². The number of methoxy groups -OCH3 is 1. The van der Waals surface area contributed by atoms with E-state index in [0.29, 0.717) is 6.07 Å². The average molecular weight is 769 g/mol. The zero-order valence-electron chi connectivity index (χ0n) is 45.0. The summed E-state index contributed by atoms with van der Waals surface area (Å²) < 4.78 is 230. The molecule has 6 nitrogen and oxygen atoms in total. The molecule has 4 aromatic rings. The van der Waals surface area contributed by atoms with Gasteiger partial charge in [-0.05, 0) is 66.7 Å². The Hall–Kier alpha value is -4.23. The number of carbonyl (C=O) groups is 1. The number of amides is 1. The van der Waals surface area contributed by atoms with Gasteiger partial charge >= 0.3 is 6.18 Å². The van der Waals surface area contributed by atoms with Gasteiger partial charge in [0.05, 0.1) is 26.8 Å². The molecule has 2 aliphatic heterocycles. The van der Waals surface area contributed by atoms with Gasteiger partial charge in [-0.1, -0.05) is 66.2 Å². The van der Waals surface area contributed by atoms with Crippen LogP contribution in [0, 0.1) is 18.6 Å². The monoisotopic (exact) mass is 768 g/mol. The van der Waals surface area contributed by atoms with Gasteiger partial charge in [-0.2, -0.15) is 13.2 Å². The molecule has 0 aromatic heterocycles. The zero-order chi connectivity index (χ0) is 52.9. The maximum absolute atomic E-state index is 15.6. The fraction of sp³-hybridized carbons (Fsp3) is 0.341. The van der Waals surface area contributed by atoms with E-state index in [0.717, 1.165) is 62.6 Å². The van der Waals surface area contributed by atoms with Gasteiger partial charge in [0.2, 0.25) is 5.91 Å².